The predicted octanol–water partition coefficient (Wildman–Crippen LogP) is 0.864. The van der Waals surface area contributed by atoms with Gasteiger partial charge in [-0.1, -0.05) is 0 Å². The number of ether oxygens (including phenoxy) is 2. The normalized spacial score (nSPS) is 32.1. The highest BCUT2D eigenvalue weighted by molar-refractivity contribution is 4.91. The molecule has 0 aromatic carbocycles. The summed E-state index contributed by atoms with van der Waals surface area (Å²) in [7, 11) is 0. The van der Waals surface area contributed by atoms with Gasteiger partial charge in [0.2, 0.25) is 0 Å². The van der Waals surface area contributed by atoms with Gasteiger partial charge in [-0.05, 0) is 39.8 Å². The summed E-state index contributed by atoms with van der Waals surface area (Å²) >= 11 is 0. The van der Waals surface area contributed by atoms with E-state index in [1.54, 1.807) is 0 Å². The Balaban J connectivity index is 1.87. The fourth-order valence-electron chi connectivity index (χ4n) is 2.99. The van der Waals surface area contributed by atoms with Gasteiger partial charge >= 0.3 is 0 Å². The highest BCUT2D eigenvalue weighted by atomic mass is 16.5. The monoisotopic (exact) mass is 242 g/mol. The number of rotatable bonds is 5. The van der Waals surface area contributed by atoms with Crippen LogP contribution in [-0.2, 0) is 9.47 Å². The Morgan fingerprint density at radius 2 is 1.53 bits per heavy atom. The standard InChI is InChI=1S/C13H26N2O2/c1-3-16-12-9-15(10-13(12)17-4-2)11-5-7-14-8-6-11/h11-14H,3-10H2,1-2H3/t12-,13-/m0/s1. The molecule has 0 aliphatic carbocycles. The van der Waals surface area contributed by atoms with E-state index in [9.17, 15) is 0 Å². The molecule has 17 heavy (non-hydrogen) atoms. The van der Waals surface area contributed by atoms with Crippen LogP contribution in [0.3, 0.4) is 0 Å². The molecule has 2 aliphatic heterocycles. The molecule has 2 atom stereocenters. The third kappa shape index (κ3) is 3.41. The van der Waals surface area contributed by atoms with Crippen molar-refractivity contribution in [3.63, 3.8) is 0 Å². The third-order valence-electron chi connectivity index (χ3n) is 3.83. The Morgan fingerprint density at radius 3 is 2.00 bits per heavy atom. The van der Waals surface area contributed by atoms with Crippen LogP contribution in [0.2, 0.25) is 0 Å². The van der Waals surface area contributed by atoms with Crippen LogP contribution < -0.4 is 5.32 Å². The van der Waals surface area contributed by atoms with Crippen molar-refractivity contribution in [1.29, 1.82) is 0 Å². The second-order valence-corrected chi connectivity index (χ2v) is 4.92. The number of hydrogen-bond acceptors (Lipinski definition) is 4. The van der Waals surface area contributed by atoms with Crippen LogP contribution in [0.4, 0.5) is 0 Å². The van der Waals surface area contributed by atoms with Crippen molar-refractivity contribution < 1.29 is 9.47 Å². The Morgan fingerprint density at radius 1 is 1.00 bits per heavy atom. The maximum absolute atomic E-state index is 5.81. The molecule has 0 aromatic heterocycles. The van der Waals surface area contributed by atoms with Crippen LogP contribution in [0.25, 0.3) is 0 Å². The summed E-state index contributed by atoms with van der Waals surface area (Å²) in [5, 5.41) is 3.42. The van der Waals surface area contributed by atoms with E-state index in [0.29, 0.717) is 0 Å². The van der Waals surface area contributed by atoms with E-state index in [1.165, 1.54) is 12.8 Å². The molecule has 1 N–H and O–H groups in total. The highest BCUT2D eigenvalue weighted by Crippen LogP contribution is 2.22. The third-order valence-corrected chi connectivity index (χ3v) is 3.83. The zero-order valence-electron chi connectivity index (χ0n) is 11.2. The molecule has 2 aliphatic rings. The largest absolute Gasteiger partial charge is 0.374 e. The first kappa shape index (κ1) is 13.3. The smallest absolute Gasteiger partial charge is 0.0975 e. The van der Waals surface area contributed by atoms with Gasteiger partial charge < -0.3 is 14.8 Å². The average Bonchev–Trinajstić information content (AvgIpc) is 2.75. The maximum atomic E-state index is 5.81. The van der Waals surface area contributed by atoms with E-state index in [-0.39, 0.29) is 12.2 Å². The van der Waals surface area contributed by atoms with Crippen molar-refractivity contribution in [3.8, 4) is 0 Å². The molecule has 2 saturated heterocycles. The SMILES string of the molecule is CCO[C@H]1CN(C2CCNCC2)C[C@@H]1OCC. The molecular formula is C13H26N2O2. The first-order chi connectivity index (χ1) is 8.35. The van der Waals surface area contributed by atoms with Crippen LogP contribution in [0, 0.1) is 0 Å². The van der Waals surface area contributed by atoms with Crippen molar-refractivity contribution in [2.45, 2.75) is 44.9 Å². The highest BCUT2D eigenvalue weighted by Gasteiger charge is 2.37. The van der Waals surface area contributed by atoms with Gasteiger partial charge in [0, 0.05) is 32.3 Å². The number of nitrogens with zero attached hydrogens (tertiary/aromatic N) is 1. The summed E-state index contributed by atoms with van der Waals surface area (Å²) in [6.07, 6.45) is 3.07. The molecule has 4 nitrogen and oxygen atoms in total. The Bertz CT molecular complexity index is 205. The zero-order valence-corrected chi connectivity index (χ0v) is 11.2. The van der Waals surface area contributed by atoms with E-state index < -0.39 is 0 Å². The average molecular weight is 242 g/mol. The van der Waals surface area contributed by atoms with Crippen LogP contribution in [0.5, 0.6) is 0 Å². The summed E-state index contributed by atoms with van der Waals surface area (Å²) in [6.45, 7) is 10.1. The van der Waals surface area contributed by atoms with Gasteiger partial charge in [0.25, 0.3) is 0 Å². The van der Waals surface area contributed by atoms with E-state index in [4.69, 9.17) is 9.47 Å². The summed E-state index contributed by atoms with van der Waals surface area (Å²) < 4.78 is 11.6. The van der Waals surface area contributed by atoms with Gasteiger partial charge in [0.05, 0.1) is 12.2 Å². The maximum Gasteiger partial charge on any atom is 0.0975 e. The Hall–Kier alpha value is -0.160. The molecule has 2 heterocycles. The molecular weight excluding hydrogens is 216 g/mol. The van der Waals surface area contributed by atoms with Crippen LogP contribution >= 0.6 is 0 Å². The van der Waals surface area contributed by atoms with Gasteiger partial charge in [-0.15, -0.1) is 0 Å². The molecule has 4 heteroatoms. The van der Waals surface area contributed by atoms with E-state index in [1.807, 2.05) is 0 Å². The minimum absolute atomic E-state index is 0.273. The fraction of sp³-hybridized carbons (Fsp3) is 1.00. The van der Waals surface area contributed by atoms with E-state index in [2.05, 4.69) is 24.1 Å². The second kappa shape index (κ2) is 6.69. The lowest BCUT2D eigenvalue weighted by Crippen LogP contribution is -2.42. The lowest BCUT2D eigenvalue weighted by atomic mass is 10.1. The molecule has 0 unspecified atom stereocenters. The molecule has 2 fully saturated rings. The van der Waals surface area contributed by atoms with Gasteiger partial charge in [0.15, 0.2) is 0 Å². The van der Waals surface area contributed by atoms with E-state index in [0.717, 1.165) is 45.4 Å². The molecule has 0 saturated carbocycles. The number of likely N-dealkylation sites (tertiary alicyclic amines) is 1. The molecule has 0 spiro atoms. The summed E-state index contributed by atoms with van der Waals surface area (Å²) in [4.78, 5) is 2.57. The van der Waals surface area contributed by atoms with Crippen molar-refractivity contribution >= 4 is 0 Å². The van der Waals surface area contributed by atoms with Gasteiger partial charge in [-0.3, -0.25) is 4.90 Å². The molecule has 0 bridgehead atoms. The predicted molar refractivity (Wildman–Crippen MR) is 68.3 cm³/mol. The van der Waals surface area contributed by atoms with Crippen molar-refractivity contribution in [1.82, 2.24) is 10.2 Å². The minimum atomic E-state index is 0.273. The number of piperidine rings is 1. The summed E-state index contributed by atoms with van der Waals surface area (Å²) in [5.74, 6) is 0. The minimum Gasteiger partial charge on any atom is -0.374 e. The lowest BCUT2D eigenvalue weighted by molar-refractivity contribution is -0.0388. The van der Waals surface area contributed by atoms with Gasteiger partial charge in [0.1, 0.15) is 0 Å². The fourth-order valence-corrected chi connectivity index (χ4v) is 2.99. The lowest BCUT2D eigenvalue weighted by Gasteiger charge is -2.31. The first-order valence-electron chi connectivity index (χ1n) is 7.03. The topological polar surface area (TPSA) is 33.7 Å². The van der Waals surface area contributed by atoms with Crippen LogP contribution in [0.15, 0.2) is 0 Å². The summed E-state index contributed by atoms with van der Waals surface area (Å²) in [5.41, 5.74) is 0. The molecule has 0 radical (unpaired) electrons. The van der Waals surface area contributed by atoms with Crippen molar-refractivity contribution in [2.24, 2.45) is 0 Å². The second-order valence-electron chi connectivity index (χ2n) is 4.92. The molecule has 2 rings (SSSR count). The molecule has 100 valence electrons. The molecule has 0 aromatic rings. The first-order valence-corrected chi connectivity index (χ1v) is 7.03. The van der Waals surface area contributed by atoms with Crippen molar-refractivity contribution in [2.75, 3.05) is 39.4 Å². The number of nitrogens with one attached hydrogen (secondary N) is 1. The van der Waals surface area contributed by atoms with Crippen molar-refractivity contribution in [3.05, 3.63) is 0 Å². The quantitative estimate of drug-likeness (QED) is 0.775. The summed E-state index contributed by atoms with van der Waals surface area (Å²) in [6, 6.07) is 0.727. The van der Waals surface area contributed by atoms with Crippen LogP contribution in [0.1, 0.15) is 26.7 Å². The Kier molecular flexibility index (Phi) is 5.22. The Labute approximate surface area is 105 Å². The van der Waals surface area contributed by atoms with E-state index >= 15 is 0 Å². The van der Waals surface area contributed by atoms with Gasteiger partial charge in [-0.25, -0.2) is 0 Å². The molecule has 0 amide bonds. The van der Waals surface area contributed by atoms with Gasteiger partial charge in [-0.2, -0.15) is 0 Å². The van der Waals surface area contributed by atoms with Crippen LogP contribution in [-0.4, -0.2) is 62.5 Å². The number of hydrogen-bond donors (Lipinski definition) is 1. The zero-order chi connectivity index (χ0) is 12.1.